The molecule has 1 saturated heterocycles. The highest BCUT2D eigenvalue weighted by Crippen LogP contribution is 2.30. The van der Waals surface area contributed by atoms with Crippen molar-refractivity contribution >= 4 is 11.7 Å². The molecule has 5 nitrogen and oxygen atoms in total. The predicted octanol–water partition coefficient (Wildman–Crippen LogP) is 2.06. The number of benzene rings is 1. The highest BCUT2D eigenvalue weighted by molar-refractivity contribution is 5.98. The maximum absolute atomic E-state index is 12.7. The molecule has 1 aliphatic rings. The van der Waals surface area contributed by atoms with E-state index in [2.05, 4.69) is 5.16 Å². The fraction of sp³-hybridized carbons (Fsp3) is 0.385. The Kier molecular flexibility index (Phi) is 4.06. The Labute approximate surface area is 118 Å². The Balaban J connectivity index is 2.28. The molecule has 1 aromatic rings. The SMILES string of the molecule is NC(=NO)C1CCCN1C(=O)c1cccc(C(F)(F)F)c1. The Bertz CT molecular complexity index is 572. The van der Waals surface area contributed by atoms with Crippen LogP contribution in [0.1, 0.15) is 28.8 Å². The third-order valence-corrected chi connectivity index (χ3v) is 3.41. The van der Waals surface area contributed by atoms with Crippen molar-refractivity contribution in [1.29, 1.82) is 0 Å². The average Bonchev–Trinajstić information content (AvgIpc) is 2.94. The van der Waals surface area contributed by atoms with Crippen molar-refractivity contribution in [2.45, 2.75) is 25.1 Å². The van der Waals surface area contributed by atoms with Gasteiger partial charge in [-0.05, 0) is 31.0 Å². The molecular formula is C13H14F3N3O2. The lowest BCUT2D eigenvalue weighted by atomic mass is 10.1. The maximum atomic E-state index is 12.7. The van der Waals surface area contributed by atoms with E-state index in [4.69, 9.17) is 10.9 Å². The van der Waals surface area contributed by atoms with Crippen molar-refractivity contribution in [3.8, 4) is 0 Å². The topological polar surface area (TPSA) is 78.9 Å². The van der Waals surface area contributed by atoms with E-state index >= 15 is 0 Å². The number of hydrogen-bond acceptors (Lipinski definition) is 3. The van der Waals surface area contributed by atoms with E-state index in [9.17, 15) is 18.0 Å². The number of nitrogens with zero attached hydrogens (tertiary/aromatic N) is 2. The van der Waals surface area contributed by atoms with Crippen LogP contribution in [0.4, 0.5) is 13.2 Å². The molecule has 0 spiro atoms. The highest BCUT2D eigenvalue weighted by Gasteiger charge is 2.34. The highest BCUT2D eigenvalue weighted by atomic mass is 19.4. The summed E-state index contributed by atoms with van der Waals surface area (Å²) in [6.45, 7) is 0.357. The minimum Gasteiger partial charge on any atom is -0.409 e. The Morgan fingerprint density at radius 1 is 1.43 bits per heavy atom. The van der Waals surface area contributed by atoms with Crippen LogP contribution >= 0.6 is 0 Å². The Morgan fingerprint density at radius 3 is 2.76 bits per heavy atom. The smallest absolute Gasteiger partial charge is 0.409 e. The predicted molar refractivity (Wildman–Crippen MR) is 68.9 cm³/mol. The third-order valence-electron chi connectivity index (χ3n) is 3.41. The van der Waals surface area contributed by atoms with E-state index < -0.39 is 23.7 Å². The zero-order valence-corrected chi connectivity index (χ0v) is 11.0. The summed E-state index contributed by atoms with van der Waals surface area (Å²) in [6, 6.07) is 3.63. The normalized spacial score (nSPS) is 19.9. The first kappa shape index (κ1) is 15.1. The number of nitrogens with two attached hydrogens (primary N) is 1. The average molecular weight is 301 g/mol. The van der Waals surface area contributed by atoms with Crippen molar-refractivity contribution in [1.82, 2.24) is 4.90 Å². The molecule has 1 amide bonds. The van der Waals surface area contributed by atoms with Crippen LogP contribution in [0.5, 0.6) is 0 Å². The largest absolute Gasteiger partial charge is 0.416 e. The van der Waals surface area contributed by atoms with Crippen LogP contribution in [0.2, 0.25) is 0 Å². The van der Waals surface area contributed by atoms with Gasteiger partial charge in [-0.1, -0.05) is 11.2 Å². The number of rotatable bonds is 2. The minimum absolute atomic E-state index is 0.0672. The summed E-state index contributed by atoms with van der Waals surface area (Å²) in [6.07, 6.45) is -3.35. The van der Waals surface area contributed by atoms with Gasteiger partial charge >= 0.3 is 6.18 Å². The number of carbonyl (C=O) groups excluding carboxylic acids is 1. The van der Waals surface area contributed by atoms with Gasteiger partial charge in [0.1, 0.15) is 0 Å². The Morgan fingerprint density at radius 2 is 2.14 bits per heavy atom. The molecule has 1 atom stereocenters. The number of amidine groups is 1. The summed E-state index contributed by atoms with van der Waals surface area (Å²) in [5.74, 6) is -0.678. The van der Waals surface area contributed by atoms with Crippen molar-refractivity contribution < 1.29 is 23.2 Å². The zero-order chi connectivity index (χ0) is 15.6. The van der Waals surface area contributed by atoms with Gasteiger partial charge in [-0.15, -0.1) is 0 Å². The molecule has 8 heteroatoms. The summed E-state index contributed by atoms with van der Waals surface area (Å²) >= 11 is 0. The van der Waals surface area contributed by atoms with E-state index in [0.29, 0.717) is 19.4 Å². The summed E-state index contributed by atoms with van der Waals surface area (Å²) < 4.78 is 38.0. The van der Waals surface area contributed by atoms with Gasteiger partial charge in [-0.3, -0.25) is 4.79 Å². The van der Waals surface area contributed by atoms with Gasteiger partial charge in [0.15, 0.2) is 5.84 Å². The van der Waals surface area contributed by atoms with Crippen LogP contribution in [-0.2, 0) is 6.18 Å². The Hall–Kier alpha value is -2.25. The molecule has 1 fully saturated rings. The zero-order valence-electron chi connectivity index (χ0n) is 11.0. The minimum atomic E-state index is -4.51. The second kappa shape index (κ2) is 5.63. The molecule has 1 unspecified atom stereocenters. The van der Waals surface area contributed by atoms with Gasteiger partial charge < -0.3 is 15.8 Å². The lowest BCUT2D eigenvalue weighted by Crippen LogP contribution is -2.43. The third kappa shape index (κ3) is 3.09. The molecule has 21 heavy (non-hydrogen) atoms. The van der Waals surface area contributed by atoms with E-state index in [-0.39, 0.29) is 11.4 Å². The lowest BCUT2D eigenvalue weighted by molar-refractivity contribution is -0.137. The first-order valence-corrected chi connectivity index (χ1v) is 6.30. The number of alkyl halides is 3. The lowest BCUT2D eigenvalue weighted by Gasteiger charge is -2.23. The van der Waals surface area contributed by atoms with Crippen LogP contribution in [0.25, 0.3) is 0 Å². The van der Waals surface area contributed by atoms with Gasteiger partial charge in [0.05, 0.1) is 11.6 Å². The van der Waals surface area contributed by atoms with Crippen LogP contribution in [0.15, 0.2) is 29.4 Å². The maximum Gasteiger partial charge on any atom is 0.416 e. The molecule has 1 aliphatic heterocycles. The van der Waals surface area contributed by atoms with E-state index in [1.165, 1.54) is 17.0 Å². The van der Waals surface area contributed by atoms with Crippen molar-refractivity contribution in [3.05, 3.63) is 35.4 Å². The molecule has 0 saturated carbocycles. The van der Waals surface area contributed by atoms with Gasteiger partial charge in [0.2, 0.25) is 0 Å². The molecule has 0 bridgehead atoms. The quantitative estimate of drug-likeness (QED) is 0.380. The van der Waals surface area contributed by atoms with E-state index in [1.54, 1.807) is 0 Å². The molecule has 2 rings (SSSR count). The van der Waals surface area contributed by atoms with Crippen molar-refractivity contribution in [2.75, 3.05) is 6.54 Å². The second-order valence-corrected chi connectivity index (χ2v) is 4.76. The van der Waals surface area contributed by atoms with Gasteiger partial charge in [0, 0.05) is 12.1 Å². The van der Waals surface area contributed by atoms with Crippen LogP contribution in [-0.4, -0.2) is 34.4 Å². The number of oxime groups is 1. The number of likely N-dealkylation sites (tertiary alicyclic amines) is 1. The monoisotopic (exact) mass is 301 g/mol. The van der Waals surface area contributed by atoms with Crippen LogP contribution in [0, 0.1) is 0 Å². The summed E-state index contributed by atoms with van der Waals surface area (Å²) in [4.78, 5) is 13.6. The molecule has 1 heterocycles. The molecule has 0 aromatic heterocycles. The van der Waals surface area contributed by atoms with Gasteiger partial charge in [-0.25, -0.2) is 0 Å². The first-order chi connectivity index (χ1) is 9.84. The van der Waals surface area contributed by atoms with Gasteiger partial charge in [-0.2, -0.15) is 13.2 Å². The fourth-order valence-electron chi connectivity index (χ4n) is 2.38. The number of amides is 1. The standard InChI is InChI=1S/C13H14F3N3O2/c14-13(15,16)9-4-1-3-8(7-9)12(20)19-6-2-5-10(19)11(17)18-21/h1,3-4,7,10,21H,2,5-6H2,(H2,17,18). The second-order valence-electron chi connectivity index (χ2n) is 4.76. The molecule has 1 aromatic carbocycles. The molecular weight excluding hydrogens is 287 g/mol. The van der Waals surface area contributed by atoms with Crippen LogP contribution < -0.4 is 5.73 Å². The summed E-state index contributed by atoms with van der Waals surface area (Å²) in [5, 5.41) is 11.6. The van der Waals surface area contributed by atoms with Crippen molar-refractivity contribution in [3.63, 3.8) is 0 Å². The molecule has 3 N–H and O–H groups in total. The summed E-state index contributed by atoms with van der Waals surface area (Å²) in [7, 11) is 0. The fourth-order valence-corrected chi connectivity index (χ4v) is 2.38. The molecule has 114 valence electrons. The van der Waals surface area contributed by atoms with E-state index in [0.717, 1.165) is 12.1 Å². The number of carbonyl (C=O) groups is 1. The summed E-state index contributed by atoms with van der Waals surface area (Å²) in [5.41, 5.74) is 4.56. The first-order valence-electron chi connectivity index (χ1n) is 6.30. The van der Waals surface area contributed by atoms with Crippen molar-refractivity contribution in [2.24, 2.45) is 10.9 Å². The van der Waals surface area contributed by atoms with Gasteiger partial charge in [0.25, 0.3) is 5.91 Å². The molecule has 0 radical (unpaired) electrons. The van der Waals surface area contributed by atoms with E-state index in [1.807, 2.05) is 0 Å². The molecule has 0 aliphatic carbocycles. The number of halogens is 3. The number of hydrogen-bond donors (Lipinski definition) is 2. The van der Waals surface area contributed by atoms with Crippen LogP contribution in [0.3, 0.4) is 0 Å².